The molecular formula is C38H38N2. The molecule has 0 bridgehead atoms. The lowest BCUT2D eigenvalue weighted by Gasteiger charge is -2.25. The molecule has 2 nitrogen and oxygen atoms in total. The van der Waals surface area contributed by atoms with Gasteiger partial charge in [0.05, 0.1) is 0 Å². The highest BCUT2D eigenvalue weighted by Crippen LogP contribution is 2.44. The fraction of sp³-hybridized carbons (Fsp3) is 0.211. The standard InChI is InChI=1S/C38H38N2/c1-23-15-17-27(19-25(23)3)39-35-21-33-31-13-10-14-34(38(5,6)7)37(31)36(40-28-18-16-24(2)26(4)20-28)22-32(33)29-11-8-9-12-30(29)35/h8-22,39-40H,1-7H3. The highest BCUT2D eigenvalue weighted by Gasteiger charge is 2.21. The van der Waals surface area contributed by atoms with Gasteiger partial charge in [-0.2, -0.15) is 0 Å². The third kappa shape index (κ3) is 4.58. The lowest BCUT2D eigenvalue weighted by atomic mass is 9.81. The van der Waals surface area contributed by atoms with E-state index in [1.807, 2.05) is 0 Å². The highest BCUT2D eigenvalue weighted by atomic mass is 14.9. The maximum atomic E-state index is 3.83. The normalized spacial score (nSPS) is 11.9. The molecule has 0 heterocycles. The van der Waals surface area contributed by atoms with Crippen molar-refractivity contribution in [3.05, 3.63) is 119 Å². The molecule has 0 saturated heterocycles. The van der Waals surface area contributed by atoms with Crippen LogP contribution in [0.25, 0.3) is 32.3 Å². The Hall–Kier alpha value is -4.30. The van der Waals surface area contributed by atoms with E-state index >= 15 is 0 Å². The second-order valence-corrected chi connectivity index (χ2v) is 12.3. The molecule has 2 N–H and O–H groups in total. The molecule has 0 spiro atoms. The molecule has 6 aromatic carbocycles. The first-order valence-electron chi connectivity index (χ1n) is 14.2. The van der Waals surface area contributed by atoms with Gasteiger partial charge in [-0.1, -0.05) is 75.4 Å². The van der Waals surface area contributed by atoms with Crippen LogP contribution in [0.4, 0.5) is 22.7 Å². The van der Waals surface area contributed by atoms with Crippen LogP contribution in [0, 0.1) is 27.7 Å². The smallest absolute Gasteiger partial charge is 0.0473 e. The summed E-state index contributed by atoms with van der Waals surface area (Å²) < 4.78 is 0. The summed E-state index contributed by atoms with van der Waals surface area (Å²) in [6.45, 7) is 15.6. The summed E-state index contributed by atoms with van der Waals surface area (Å²) in [6, 6.07) is 33.5. The molecule has 0 unspecified atom stereocenters. The van der Waals surface area contributed by atoms with Crippen molar-refractivity contribution in [1.29, 1.82) is 0 Å². The second-order valence-electron chi connectivity index (χ2n) is 12.3. The van der Waals surface area contributed by atoms with Crippen LogP contribution in [0.3, 0.4) is 0 Å². The molecule has 6 aromatic rings. The molecule has 0 aliphatic heterocycles. The Bertz CT molecular complexity index is 1920. The van der Waals surface area contributed by atoms with E-state index in [1.54, 1.807) is 0 Å². The molecule has 0 radical (unpaired) electrons. The van der Waals surface area contributed by atoms with Gasteiger partial charge in [-0.3, -0.25) is 0 Å². The van der Waals surface area contributed by atoms with Crippen LogP contribution in [-0.2, 0) is 5.41 Å². The molecule has 40 heavy (non-hydrogen) atoms. The fourth-order valence-corrected chi connectivity index (χ4v) is 5.84. The third-order valence-electron chi connectivity index (χ3n) is 8.38. The largest absolute Gasteiger partial charge is 0.355 e. The number of rotatable bonds is 4. The Morgan fingerprint density at radius 2 is 0.975 bits per heavy atom. The van der Waals surface area contributed by atoms with Gasteiger partial charge in [0.1, 0.15) is 0 Å². The van der Waals surface area contributed by atoms with E-state index in [2.05, 4.69) is 150 Å². The second kappa shape index (κ2) is 9.71. The summed E-state index contributed by atoms with van der Waals surface area (Å²) in [5.41, 5.74) is 11.0. The van der Waals surface area contributed by atoms with Crippen molar-refractivity contribution in [2.45, 2.75) is 53.9 Å². The maximum Gasteiger partial charge on any atom is 0.0473 e. The Labute approximate surface area is 238 Å². The van der Waals surface area contributed by atoms with Gasteiger partial charge in [0.15, 0.2) is 0 Å². The molecule has 0 aliphatic rings. The van der Waals surface area contributed by atoms with Gasteiger partial charge >= 0.3 is 0 Å². The average Bonchev–Trinajstić information content (AvgIpc) is 2.92. The summed E-state index contributed by atoms with van der Waals surface area (Å²) in [5, 5.41) is 15.1. The van der Waals surface area contributed by atoms with E-state index in [4.69, 9.17) is 0 Å². The minimum Gasteiger partial charge on any atom is -0.355 e. The van der Waals surface area contributed by atoms with E-state index in [9.17, 15) is 0 Å². The molecule has 2 heteroatoms. The number of aryl methyl sites for hydroxylation is 4. The molecule has 200 valence electrons. The quantitative estimate of drug-likeness (QED) is 0.225. The van der Waals surface area contributed by atoms with Gasteiger partial charge in [-0.25, -0.2) is 0 Å². The van der Waals surface area contributed by atoms with Crippen molar-refractivity contribution in [1.82, 2.24) is 0 Å². The van der Waals surface area contributed by atoms with Gasteiger partial charge in [-0.15, -0.1) is 0 Å². The summed E-state index contributed by atoms with van der Waals surface area (Å²) in [7, 11) is 0. The van der Waals surface area contributed by atoms with E-state index in [1.165, 1.54) is 60.1 Å². The molecule has 0 aliphatic carbocycles. The van der Waals surface area contributed by atoms with E-state index in [0.29, 0.717) is 0 Å². The SMILES string of the molecule is Cc1ccc(Nc2cc3c4cccc(C(C)(C)C)c4c(Nc4ccc(C)c(C)c4)cc3c3ccccc23)cc1C. The lowest BCUT2D eigenvalue weighted by Crippen LogP contribution is -2.12. The molecular weight excluding hydrogens is 484 g/mol. The first-order chi connectivity index (χ1) is 19.1. The zero-order valence-electron chi connectivity index (χ0n) is 24.7. The number of hydrogen-bond acceptors (Lipinski definition) is 2. The van der Waals surface area contributed by atoms with Crippen molar-refractivity contribution in [2.75, 3.05) is 10.6 Å². The fourth-order valence-electron chi connectivity index (χ4n) is 5.84. The Kier molecular flexibility index (Phi) is 6.30. The first-order valence-corrected chi connectivity index (χ1v) is 14.2. The average molecular weight is 523 g/mol. The molecule has 0 aromatic heterocycles. The summed E-state index contributed by atoms with van der Waals surface area (Å²) >= 11 is 0. The van der Waals surface area contributed by atoms with Gasteiger partial charge < -0.3 is 10.6 Å². The van der Waals surface area contributed by atoms with E-state index < -0.39 is 0 Å². The van der Waals surface area contributed by atoms with Crippen LogP contribution in [0.2, 0.25) is 0 Å². The van der Waals surface area contributed by atoms with Crippen LogP contribution in [0.1, 0.15) is 48.6 Å². The van der Waals surface area contributed by atoms with Gasteiger partial charge in [0.25, 0.3) is 0 Å². The minimum atomic E-state index is -0.00976. The van der Waals surface area contributed by atoms with Crippen LogP contribution < -0.4 is 10.6 Å². The van der Waals surface area contributed by atoms with E-state index in [-0.39, 0.29) is 5.41 Å². The number of anilines is 4. The van der Waals surface area contributed by atoms with Crippen molar-refractivity contribution in [2.24, 2.45) is 0 Å². The number of fused-ring (bicyclic) bond motifs is 5. The molecule has 0 atom stereocenters. The van der Waals surface area contributed by atoms with Crippen molar-refractivity contribution in [3.8, 4) is 0 Å². The minimum absolute atomic E-state index is 0.00976. The Balaban J connectivity index is 1.66. The molecule has 0 fully saturated rings. The van der Waals surface area contributed by atoms with Crippen molar-refractivity contribution >= 4 is 55.1 Å². The number of hydrogen-bond donors (Lipinski definition) is 2. The molecule has 0 saturated carbocycles. The zero-order valence-corrected chi connectivity index (χ0v) is 24.7. The molecule has 0 amide bonds. The summed E-state index contributed by atoms with van der Waals surface area (Å²) in [5.74, 6) is 0. The van der Waals surface area contributed by atoms with Crippen molar-refractivity contribution < 1.29 is 0 Å². The van der Waals surface area contributed by atoms with Gasteiger partial charge in [0, 0.05) is 33.5 Å². The predicted octanol–water partition coefficient (Wildman–Crippen LogP) is 11.2. The summed E-state index contributed by atoms with van der Waals surface area (Å²) in [6.07, 6.45) is 0. The number of benzene rings is 6. The Morgan fingerprint density at radius 3 is 1.57 bits per heavy atom. The van der Waals surface area contributed by atoms with Crippen LogP contribution in [0.5, 0.6) is 0 Å². The topological polar surface area (TPSA) is 24.1 Å². The van der Waals surface area contributed by atoms with Crippen LogP contribution >= 0.6 is 0 Å². The van der Waals surface area contributed by atoms with Crippen LogP contribution in [0.15, 0.2) is 91.0 Å². The summed E-state index contributed by atoms with van der Waals surface area (Å²) in [4.78, 5) is 0. The zero-order chi connectivity index (χ0) is 28.2. The van der Waals surface area contributed by atoms with Gasteiger partial charge in [-0.05, 0) is 119 Å². The Morgan fingerprint density at radius 1 is 0.450 bits per heavy atom. The van der Waals surface area contributed by atoms with Crippen LogP contribution in [-0.4, -0.2) is 0 Å². The maximum absolute atomic E-state index is 3.83. The predicted molar refractivity (Wildman–Crippen MR) is 176 cm³/mol. The number of nitrogens with one attached hydrogen (secondary N) is 2. The first kappa shape index (κ1) is 26.0. The van der Waals surface area contributed by atoms with E-state index in [0.717, 1.165) is 22.7 Å². The third-order valence-corrected chi connectivity index (χ3v) is 8.38. The molecule has 6 rings (SSSR count). The van der Waals surface area contributed by atoms with Crippen molar-refractivity contribution in [3.63, 3.8) is 0 Å². The monoisotopic (exact) mass is 522 g/mol. The highest BCUT2D eigenvalue weighted by molar-refractivity contribution is 6.24. The lowest BCUT2D eigenvalue weighted by molar-refractivity contribution is 0.596. The van der Waals surface area contributed by atoms with Gasteiger partial charge in [0.2, 0.25) is 0 Å².